The highest BCUT2D eigenvalue weighted by Crippen LogP contribution is 2.33. The Kier molecular flexibility index (Phi) is 4.21. The number of halogens is 3. The number of aromatic nitrogens is 2. The van der Waals surface area contributed by atoms with Crippen molar-refractivity contribution in [1.29, 1.82) is 0 Å². The van der Waals surface area contributed by atoms with Gasteiger partial charge in [-0.05, 0) is 43.2 Å². The molecule has 5 nitrogen and oxygen atoms in total. The Labute approximate surface area is 136 Å². The van der Waals surface area contributed by atoms with Crippen LogP contribution in [-0.2, 0) is 0 Å². The van der Waals surface area contributed by atoms with Gasteiger partial charge in [-0.25, -0.2) is 0 Å². The summed E-state index contributed by atoms with van der Waals surface area (Å²) in [6.07, 6.45) is -4.13. The molecule has 0 bridgehead atoms. The quantitative estimate of drug-likeness (QED) is 0.934. The third-order valence-electron chi connectivity index (χ3n) is 4.09. The fraction of sp³-hybridized carbons (Fsp3) is 0.375. The van der Waals surface area contributed by atoms with Crippen molar-refractivity contribution in [2.24, 2.45) is 0 Å². The number of amides is 1. The van der Waals surface area contributed by atoms with E-state index in [0.29, 0.717) is 17.9 Å². The van der Waals surface area contributed by atoms with E-state index < -0.39 is 18.1 Å². The van der Waals surface area contributed by atoms with Gasteiger partial charge in [0.1, 0.15) is 17.5 Å². The van der Waals surface area contributed by atoms with Crippen molar-refractivity contribution in [3.63, 3.8) is 0 Å². The number of ether oxygens (including phenoxy) is 1. The van der Waals surface area contributed by atoms with Crippen LogP contribution in [0.15, 0.2) is 30.3 Å². The molecule has 1 aromatic carbocycles. The number of nitrogens with zero attached hydrogens (tertiary/aromatic N) is 2. The first-order valence-electron chi connectivity index (χ1n) is 7.47. The molecule has 3 rings (SSSR count). The van der Waals surface area contributed by atoms with Gasteiger partial charge in [-0.15, -0.1) is 0 Å². The number of hydrogen-bond donors (Lipinski definition) is 1. The fourth-order valence-corrected chi connectivity index (χ4v) is 2.85. The van der Waals surface area contributed by atoms with Gasteiger partial charge >= 0.3 is 6.18 Å². The fourth-order valence-electron chi connectivity index (χ4n) is 2.85. The lowest BCUT2D eigenvalue weighted by atomic mass is 10.1. The number of nitrogens with one attached hydrogen (secondary N) is 1. The van der Waals surface area contributed by atoms with Gasteiger partial charge in [0.15, 0.2) is 0 Å². The van der Waals surface area contributed by atoms with Crippen molar-refractivity contribution in [2.75, 3.05) is 13.7 Å². The van der Waals surface area contributed by atoms with E-state index in [1.54, 1.807) is 31.4 Å². The summed E-state index contributed by atoms with van der Waals surface area (Å²) in [5, 5.41) is 6.57. The van der Waals surface area contributed by atoms with Crippen LogP contribution in [0.25, 0.3) is 11.3 Å². The van der Waals surface area contributed by atoms with Crippen LogP contribution >= 0.6 is 0 Å². The number of likely N-dealkylation sites (tertiary alicyclic amines) is 1. The van der Waals surface area contributed by atoms with Crippen LogP contribution in [0.3, 0.4) is 0 Å². The second-order valence-electron chi connectivity index (χ2n) is 5.59. The Bertz CT molecular complexity index is 725. The molecule has 1 aliphatic heterocycles. The van der Waals surface area contributed by atoms with E-state index in [-0.39, 0.29) is 18.7 Å². The van der Waals surface area contributed by atoms with Crippen LogP contribution in [0.5, 0.6) is 5.75 Å². The molecular weight excluding hydrogens is 323 g/mol. The van der Waals surface area contributed by atoms with Crippen molar-refractivity contribution in [1.82, 2.24) is 15.1 Å². The first kappa shape index (κ1) is 16.4. The minimum Gasteiger partial charge on any atom is -0.497 e. The Morgan fingerprint density at radius 3 is 2.67 bits per heavy atom. The van der Waals surface area contributed by atoms with E-state index >= 15 is 0 Å². The van der Waals surface area contributed by atoms with Crippen molar-refractivity contribution >= 4 is 5.91 Å². The van der Waals surface area contributed by atoms with Crippen molar-refractivity contribution < 1.29 is 22.7 Å². The number of alkyl halides is 3. The number of carbonyl (C=O) groups is 1. The lowest BCUT2D eigenvalue weighted by molar-refractivity contribution is -0.169. The van der Waals surface area contributed by atoms with Crippen molar-refractivity contribution in [3.05, 3.63) is 36.0 Å². The molecule has 2 aromatic rings. The highest BCUT2D eigenvalue weighted by molar-refractivity contribution is 5.93. The van der Waals surface area contributed by atoms with Gasteiger partial charge in [-0.3, -0.25) is 9.89 Å². The molecule has 1 saturated heterocycles. The molecule has 1 aromatic heterocycles. The van der Waals surface area contributed by atoms with Gasteiger partial charge in [-0.1, -0.05) is 0 Å². The summed E-state index contributed by atoms with van der Waals surface area (Å²) < 4.78 is 44.1. The second kappa shape index (κ2) is 6.18. The molecule has 0 unspecified atom stereocenters. The highest BCUT2D eigenvalue weighted by atomic mass is 19.4. The molecule has 1 aliphatic rings. The third kappa shape index (κ3) is 3.08. The van der Waals surface area contributed by atoms with Crippen LogP contribution in [0.2, 0.25) is 0 Å². The molecule has 2 heterocycles. The SMILES string of the molecule is COc1ccc(-c2cc(C(=O)N3CCC[C@H]3C(F)(F)F)[nH]n2)cc1. The van der Waals surface area contributed by atoms with Crippen LogP contribution in [0, 0.1) is 0 Å². The first-order valence-corrected chi connectivity index (χ1v) is 7.47. The van der Waals surface area contributed by atoms with Gasteiger partial charge in [0.2, 0.25) is 0 Å². The molecule has 1 atom stereocenters. The Hall–Kier alpha value is -2.51. The smallest absolute Gasteiger partial charge is 0.408 e. The number of H-pyrrole nitrogens is 1. The maximum absolute atomic E-state index is 13.0. The Balaban J connectivity index is 1.80. The number of aromatic amines is 1. The van der Waals surface area contributed by atoms with E-state index in [9.17, 15) is 18.0 Å². The van der Waals surface area contributed by atoms with E-state index in [0.717, 1.165) is 10.5 Å². The molecular formula is C16H16F3N3O2. The minimum absolute atomic E-state index is 0.0527. The van der Waals surface area contributed by atoms with Gasteiger partial charge in [0.05, 0.1) is 12.8 Å². The summed E-state index contributed by atoms with van der Waals surface area (Å²) in [7, 11) is 1.55. The summed E-state index contributed by atoms with van der Waals surface area (Å²) in [5.74, 6) is -0.00208. The molecule has 1 fully saturated rings. The van der Waals surface area contributed by atoms with Crippen LogP contribution in [0.1, 0.15) is 23.3 Å². The average molecular weight is 339 g/mol. The summed E-state index contributed by atoms with van der Waals surface area (Å²) in [6, 6.07) is 6.75. The highest BCUT2D eigenvalue weighted by Gasteiger charge is 2.48. The molecule has 0 radical (unpaired) electrons. The minimum atomic E-state index is -4.41. The lowest BCUT2D eigenvalue weighted by Gasteiger charge is -2.25. The molecule has 128 valence electrons. The third-order valence-corrected chi connectivity index (χ3v) is 4.09. The number of rotatable bonds is 3. The molecule has 8 heteroatoms. The normalized spacial score (nSPS) is 18.0. The van der Waals surface area contributed by atoms with Crippen molar-refractivity contribution in [3.8, 4) is 17.0 Å². The standard InChI is InChI=1S/C16H16F3N3O2/c1-24-11-6-4-10(5-7-11)12-9-13(21-20-12)15(23)22-8-2-3-14(22)16(17,18)19/h4-7,9,14H,2-3,8H2,1H3,(H,20,21)/t14-/m0/s1. The van der Waals surface area contributed by atoms with E-state index in [1.165, 1.54) is 6.07 Å². The largest absolute Gasteiger partial charge is 0.497 e. The molecule has 0 spiro atoms. The van der Waals surface area contributed by atoms with Crippen LogP contribution in [-0.4, -0.2) is 46.9 Å². The van der Waals surface area contributed by atoms with Crippen LogP contribution in [0.4, 0.5) is 13.2 Å². The van der Waals surface area contributed by atoms with E-state index in [1.807, 2.05) is 0 Å². The summed E-state index contributed by atoms with van der Waals surface area (Å²) in [6.45, 7) is 0.0971. The molecule has 1 N–H and O–H groups in total. The van der Waals surface area contributed by atoms with Crippen LogP contribution < -0.4 is 4.74 Å². The topological polar surface area (TPSA) is 58.2 Å². The molecule has 24 heavy (non-hydrogen) atoms. The Morgan fingerprint density at radius 2 is 2.04 bits per heavy atom. The predicted molar refractivity (Wildman–Crippen MR) is 80.7 cm³/mol. The zero-order valence-corrected chi connectivity index (χ0v) is 12.9. The maximum atomic E-state index is 13.0. The van der Waals surface area contributed by atoms with Crippen molar-refractivity contribution in [2.45, 2.75) is 25.1 Å². The monoisotopic (exact) mass is 339 g/mol. The van der Waals surface area contributed by atoms with Gasteiger partial charge in [-0.2, -0.15) is 18.3 Å². The zero-order valence-electron chi connectivity index (χ0n) is 12.9. The van der Waals surface area contributed by atoms with Gasteiger partial charge in [0, 0.05) is 12.1 Å². The van der Waals surface area contributed by atoms with Gasteiger partial charge in [0.25, 0.3) is 5.91 Å². The first-order chi connectivity index (χ1) is 11.4. The predicted octanol–water partition coefficient (Wildman–Crippen LogP) is 3.25. The molecule has 0 saturated carbocycles. The summed E-state index contributed by atoms with van der Waals surface area (Å²) in [5.41, 5.74) is 1.28. The summed E-state index contributed by atoms with van der Waals surface area (Å²) >= 11 is 0. The summed E-state index contributed by atoms with van der Waals surface area (Å²) in [4.78, 5) is 13.3. The zero-order chi connectivity index (χ0) is 17.3. The number of methoxy groups -OCH3 is 1. The second-order valence-corrected chi connectivity index (χ2v) is 5.59. The number of carbonyl (C=O) groups excluding carboxylic acids is 1. The molecule has 1 amide bonds. The number of hydrogen-bond acceptors (Lipinski definition) is 3. The Morgan fingerprint density at radius 1 is 1.33 bits per heavy atom. The van der Waals surface area contributed by atoms with E-state index in [4.69, 9.17) is 4.74 Å². The van der Waals surface area contributed by atoms with E-state index in [2.05, 4.69) is 10.2 Å². The lowest BCUT2D eigenvalue weighted by Crippen LogP contribution is -2.44. The molecule has 0 aliphatic carbocycles. The number of benzene rings is 1. The maximum Gasteiger partial charge on any atom is 0.408 e. The average Bonchev–Trinajstić information content (AvgIpc) is 3.23. The van der Waals surface area contributed by atoms with Gasteiger partial charge < -0.3 is 9.64 Å².